The van der Waals surface area contributed by atoms with Crippen LogP contribution in [0.4, 0.5) is 11.4 Å². The average molecular weight is 477 g/mol. The van der Waals surface area contributed by atoms with Gasteiger partial charge < -0.3 is 10.1 Å². The molecule has 6 rings (SSSR count). The molecular weight excluding hydrogens is 452 g/mol. The molecule has 4 unspecified atom stereocenters. The summed E-state index contributed by atoms with van der Waals surface area (Å²) in [6.45, 7) is 2.53. The summed E-state index contributed by atoms with van der Waals surface area (Å²) >= 11 is 0. The van der Waals surface area contributed by atoms with Crippen LogP contribution in [0, 0.1) is 34.5 Å². The SMILES string of the molecule is CC12CCC(CCNc3ccc(C#N)cc3)(O1)C1C(=O)N(c3ccc(C#N)c4ccccc34)C(=O)C12. The first-order valence-electron chi connectivity index (χ1n) is 12.1. The fourth-order valence-corrected chi connectivity index (χ4v) is 6.50. The van der Waals surface area contributed by atoms with Gasteiger partial charge in [-0.25, -0.2) is 4.90 Å². The van der Waals surface area contributed by atoms with E-state index in [2.05, 4.69) is 17.5 Å². The molecule has 0 aliphatic carbocycles. The molecule has 3 aromatic carbocycles. The summed E-state index contributed by atoms with van der Waals surface area (Å²) < 4.78 is 6.54. The monoisotopic (exact) mass is 476 g/mol. The highest BCUT2D eigenvalue weighted by Crippen LogP contribution is 2.62. The number of benzene rings is 3. The van der Waals surface area contributed by atoms with Crippen molar-refractivity contribution in [1.29, 1.82) is 10.5 Å². The lowest BCUT2D eigenvalue weighted by Gasteiger charge is -2.31. The molecule has 178 valence electrons. The smallest absolute Gasteiger partial charge is 0.240 e. The summed E-state index contributed by atoms with van der Waals surface area (Å²) in [5, 5.41) is 23.3. The molecule has 3 saturated heterocycles. The normalized spacial score (nSPS) is 28.2. The first kappa shape index (κ1) is 22.3. The lowest BCUT2D eigenvalue weighted by Crippen LogP contribution is -2.43. The maximum Gasteiger partial charge on any atom is 0.240 e. The van der Waals surface area contributed by atoms with Gasteiger partial charge in [0.2, 0.25) is 11.8 Å². The molecule has 3 aliphatic heterocycles. The van der Waals surface area contributed by atoms with Crippen LogP contribution < -0.4 is 10.2 Å². The predicted octanol–water partition coefficient (Wildman–Crippen LogP) is 4.51. The first-order valence-corrected chi connectivity index (χ1v) is 12.1. The standard InChI is InChI=1S/C29H24N4O3/c1-28-12-13-29(36-28,14-15-32-20-9-6-18(16-30)7-10-20)25-24(28)26(34)33(27(25)35)23-11-8-19(17-31)21-4-2-3-5-22(21)23/h2-11,24-25,32H,12-15H2,1H3. The summed E-state index contributed by atoms with van der Waals surface area (Å²) in [7, 11) is 0. The van der Waals surface area contributed by atoms with Gasteiger partial charge in [-0.15, -0.1) is 0 Å². The van der Waals surface area contributed by atoms with Crippen molar-refractivity contribution in [2.24, 2.45) is 11.8 Å². The van der Waals surface area contributed by atoms with Crippen LogP contribution in [0.2, 0.25) is 0 Å². The van der Waals surface area contributed by atoms with Crippen molar-refractivity contribution in [3.8, 4) is 12.1 Å². The fraction of sp³-hybridized carbons (Fsp3) is 0.310. The molecule has 3 aromatic rings. The zero-order valence-electron chi connectivity index (χ0n) is 19.8. The van der Waals surface area contributed by atoms with Crippen LogP contribution in [0.5, 0.6) is 0 Å². The van der Waals surface area contributed by atoms with Gasteiger partial charge in [0.15, 0.2) is 0 Å². The lowest BCUT2D eigenvalue weighted by molar-refractivity contribution is -0.130. The predicted molar refractivity (Wildman–Crippen MR) is 134 cm³/mol. The van der Waals surface area contributed by atoms with E-state index in [0.29, 0.717) is 35.2 Å². The Balaban J connectivity index is 1.31. The van der Waals surface area contributed by atoms with E-state index in [1.165, 1.54) is 4.90 Å². The van der Waals surface area contributed by atoms with Gasteiger partial charge in [0.1, 0.15) is 0 Å². The molecule has 7 heteroatoms. The summed E-state index contributed by atoms with van der Waals surface area (Å²) in [5.41, 5.74) is 1.14. The summed E-state index contributed by atoms with van der Waals surface area (Å²) in [4.78, 5) is 29.1. The van der Waals surface area contributed by atoms with Gasteiger partial charge in [-0.05, 0) is 62.6 Å². The number of anilines is 2. The van der Waals surface area contributed by atoms with E-state index in [1.807, 2.05) is 43.3 Å². The Morgan fingerprint density at radius 2 is 1.67 bits per heavy atom. The summed E-state index contributed by atoms with van der Waals surface area (Å²) in [6.07, 6.45) is 2.04. The van der Waals surface area contributed by atoms with Gasteiger partial charge in [0.05, 0.1) is 52.0 Å². The minimum Gasteiger partial charge on any atom is -0.385 e. The van der Waals surface area contributed by atoms with Crippen LogP contribution in [0.3, 0.4) is 0 Å². The minimum atomic E-state index is -0.705. The number of nitriles is 2. The van der Waals surface area contributed by atoms with E-state index in [0.717, 1.165) is 23.9 Å². The Labute approximate surface area is 208 Å². The molecule has 3 fully saturated rings. The number of carbonyl (C=O) groups is 2. The maximum absolute atomic E-state index is 13.9. The molecule has 2 amide bonds. The quantitative estimate of drug-likeness (QED) is 0.543. The van der Waals surface area contributed by atoms with E-state index in [4.69, 9.17) is 10.00 Å². The molecule has 0 saturated carbocycles. The minimum absolute atomic E-state index is 0.219. The van der Waals surface area contributed by atoms with Gasteiger partial charge in [0, 0.05) is 23.0 Å². The highest BCUT2D eigenvalue weighted by Gasteiger charge is 2.73. The number of hydrogen-bond donors (Lipinski definition) is 1. The van der Waals surface area contributed by atoms with Crippen LogP contribution >= 0.6 is 0 Å². The molecule has 0 radical (unpaired) electrons. The highest BCUT2D eigenvalue weighted by molar-refractivity contribution is 6.26. The van der Waals surface area contributed by atoms with Crippen molar-refractivity contribution in [3.63, 3.8) is 0 Å². The largest absolute Gasteiger partial charge is 0.385 e. The van der Waals surface area contributed by atoms with Gasteiger partial charge in [-0.1, -0.05) is 24.3 Å². The number of ether oxygens (including phenoxy) is 1. The fourth-order valence-electron chi connectivity index (χ4n) is 6.50. The first-order chi connectivity index (χ1) is 17.4. The molecule has 4 atom stereocenters. The van der Waals surface area contributed by atoms with E-state index in [1.54, 1.807) is 24.3 Å². The zero-order chi connectivity index (χ0) is 25.1. The molecule has 3 heterocycles. The molecule has 0 spiro atoms. The van der Waals surface area contributed by atoms with Crippen LogP contribution in [-0.4, -0.2) is 29.6 Å². The number of carbonyl (C=O) groups excluding carboxylic acids is 2. The van der Waals surface area contributed by atoms with Crippen molar-refractivity contribution in [3.05, 3.63) is 71.8 Å². The van der Waals surface area contributed by atoms with Crippen LogP contribution in [0.1, 0.15) is 37.3 Å². The topological polar surface area (TPSA) is 106 Å². The molecule has 3 aliphatic rings. The number of fused-ring (bicyclic) bond motifs is 6. The summed E-state index contributed by atoms with van der Waals surface area (Å²) in [5.74, 6) is -1.50. The van der Waals surface area contributed by atoms with Crippen molar-refractivity contribution >= 4 is 34.0 Å². The van der Waals surface area contributed by atoms with Crippen LogP contribution in [0.25, 0.3) is 10.8 Å². The Kier molecular flexibility index (Phi) is 4.90. The van der Waals surface area contributed by atoms with E-state index in [-0.39, 0.29) is 11.8 Å². The Morgan fingerprint density at radius 3 is 2.39 bits per heavy atom. The molecule has 7 nitrogen and oxygen atoms in total. The number of nitrogens with zero attached hydrogens (tertiary/aromatic N) is 3. The van der Waals surface area contributed by atoms with Crippen molar-refractivity contribution in [2.45, 2.75) is 37.4 Å². The third kappa shape index (κ3) is 3.07. The highest BCUT2D eigenvalue weighted by atomic mass is 16.5. The zero-order valence-corrected chi connectivity index (χ0v) is 19.8. The van der Waals surface area contributed by atoms with Gasteiger partial charge in [-0.3, -0.25) is 9.59 Å². The second-order valence-electron chi connectivity index (χ2n) is 10.1. The van der Waals surface area contributed by atoms with Crippen molar-refractivity contribution in [2.75, 3.05) is 16.8 Å². The Bertz CT molecular complexity index is 1500. The van der Waals surface area contributed by atoms with E-state index >= 15 is 0 Å². The Hall–Kier alpha value is -4.20. The number of imide groups is 1. The number of rotatable bonds is 5. The van der Waals surface area contributed by atoms with Crippen molar-refractivity contribution < 1.29 is 14.3 Å². The van der Waals surface area contributed by atoms with Gasteiger partial charge in [-0.2, -0.15) is 10.5 Å². The van der Waals surface area contributed by atoms with Gasteiger partial charge >= 0.3 is 0 Å². The second-order valence-corrected chi connectivity index (χ2v) is 10.1. The molecule has 2 bridgehead atoms. The molecule has 0 aromatic heterocycles. The maximum atomic E-state index is 13.9. The molecule has 1 N–H and O–H groups in total. The third-order valence-corrected chi connectivity index (χ3v) is 8.17. The van der Waals surface area contributed by atoms with Crippen LogP contribution in [-0.2, 0) is 14.3 Å². The second kappa shape index (κ2) is 7.91. The lowest BCUT2D eigenvalue weighted by atomic mass is 9.67. The average Bonchev–Trinajstić information content (AvgIpc) is 3.48. The molecule has 36 heavy (non-hydrogen) atoms. The summed E-state index contributed by atoms with van der Waals surface area (Å²) in [6, 6.07) is 22.3. The van der Waals surface area contributed by atoms with Crippen LogP contribution in [0.15, 0.2) is 60.7 Å². The van der Waals surface area contributed by atoms with E-state index < -0.39 is 23.0 Å². The number of nitrogens with one attached hydrogen (secondary N) is 1. The van der Waals surface area contributed by atoms with E-state index in [9.17, 15) is 14.9 Å². The third-order valence-electron chi connectivity index (χ3n) is 8.17. The number of amides is 2. The molecular formula is C29H24N4O3. The number of hydrogen-bond acceptors (Lipinski definition) is 6. The Morgan fingerprint density at radius 1 is 0.944 bits per heavy atom. The van der Waals surface area contributed by atoms with Gasteiger partial charge in [0.25, 0.3) is 0 Å². The van der Waals surface area contributed by atoms with Crippen molar-refractivity contribution in [1.82, 2.24) is 0 Å².